The van der Waals surface area contributed by atoms with E-state index >= 15 is 0 Å². The Morgan fingerprint density at radius 1 is 1.06 bits per heavy atom. The van der Waals surface area contributed by atoms with Crippen LogP contribution in [0, 0.1) is 5.82 Å². The van der Waals surface area contributed by atoms with Gasteiger partial charge in [0.2, 0.25) is 21.8 Å². The number of Topliss-reactive ketones (excluding diaryl/α,β-unsaturated/α-hetero) is 1. The molecule has 8 nitrogen and oxygen atoms in total. The van der Waals surface area contributed by atoms with E-state index in [2.05, 4.69) is 5.32 Å². The van der Waals surface area contributed by atoms with Crippen LogP contribution in [-0.4, -0.2) is 55.8 Å². The number of sulfonamides is 1. The van der Waals surface area contributed by atoms with E-state index in [1.165, 1.54) is 54.3 Å². The van der Waals surface area contributed by atoms with Crippen molar-refractivity contribution in [3.8, 4) is 0 Å². The molecular formula is C25H32FN3O5S. The molecule has 0 unspecified atom stereocenters. The SMILES string of the molecule is CC[C@H](C)NC(=O)[C@H](C)N(Cc1ccc(F)cc1)C(=O)CN(c1cccc(C(C)=O)c1)S(C)(=O)=O. The fraction of sp³-hybridized carbons (Fsp3) is 0.400. The summed E-state index contributed by atoms with van der Waals surface area (Å²) < 4.78 is 39.5. The molecule has 0 bridgehead atoms. The van der Waals surface area contributed by atoms with Crippen molar-refractivity contribution in [2.24, 2.45) is 0 Å². The zero-order valence-electron chi connectivity index (χ0n) is 20.6. The van der Waals surface area contributed by atoms with E-state index in [-0.39, 0.29) is 30.0 Å². The third kappa shape index (κ3) is 7.88. The van der Waals surface area contributed by atoms with Crippen LogP contribution in [0.25, 0.3) is 0 Å². The molecule has 0 aliphatic heterocycles. The highest BCUT2D eigenvalue weighted by Crippen LogP contribution is 2.21. The normalized spacial score (nSPS) is 13.0. The fourth-order valence-electron chi connectivity index (χ4n) is 3.33. The maximum Gasteiger partial charge on any atom is 0.244 e. The smallest absolute Gasteiger partial charge is 0.244 e. The molecule has 0 aliphatic rings. The van der Waals surface area contributed by atoms with Gasteiger partial charge >= 0.3 is 0 Å². The molecular weight excluding hydrogens is 473 g/mol. The van der Waals surface area contributed by atoms with Crippen molar-refractivity contribution in [1.29, 1.82) is 0 Å². The van der Waals surface area contributed by atoms with E-state index in [1.807, 2.05) is 13.8 Å². The molecule has 0 saturated carbocycles. The Morgan fingerprint density at radius 2 is 1.69 bits per heavy atom. The van der Waals surface area contributed by atoms with Gasteiger partial charge in [-0.25, -0.2) is 12.8 Å². The summed E-state index contributed by atoms with van der Waals surface area (Å²) in [6.45, 7) is 6.05. The zero-order valence-corrected chi connectivity index (χ0v) is 21.4. The fourth-order valence-corrected chi connectivity index (χ4v) is 4.17. The number of ketones is 1. The highest BCUT2D eigenvalue weighted by atomic mass is 32.2. The Labute approximate surface area is 206 Å². The van der Waals surface area contributed by atoms with Gasteiger partial charge < -0.3 is 10.2 Å². The highest BCUT2D eigenvalue weighted by Gasteiger charge is 2.30. The van der Waals surface area contributed by atoms with Crippen molar-refractivity contribution in [3.63, 3.8) is 0 Å². The van der Waals surface area contributed by atoms with Crippen LogP contribution in [0.5, 0.6) is 0 Å². The predicted octanol–water partition coefficient (Wildman–Crippen LogP) is 3.13. The minimum absolute atomic E-state index is 0.0285. The standard InChI is InChI=1S/C25H32FN3O5S/c1-6-17(2)27-25(32)18(3)28(15-20-10-12-22(26)13-11-20)24(31)16-29(35(5,33)34)23-9-7-8-21(14-23)19(4)30/h7-14,17-18H,6,15-16H2,1-5H3,(H,27,32)/t17-,18-/m0/s1. The van der Waals surface area contributed by atoms with Crippen LogP contribution < -0.4 is 9.62 Å². The van der Waals surface area contributed by atoms with E-state index in [9.17, 15) is 27.2 Å². The number of amides is 2. The van der Waals surface area contributed by atoms with Gasteiger partial charge in [0.15, 0.2) is 5.78 Å². The van der Waals surface area contributed by atoms with Crippen LogP contribution in [0.15, 0.2) is 48.5 Å². The molecule has 0 saturated heterocycles. The predicted molar refractivity (Wildman–Crippen MR) is 133 cm³/mol. The number of nitrogens with zero attached hydrogens (tertiary/aromatic N) is 2. The lowest BCUT2D eigenvalue weighted by Crippen LogP contribution is -2.52. The summed E-state index contributed by atoms with van der Waals surface area (Å²) in [5.74, 6) is -1.71. The van der Waals surface area contributed by atoms with E-state index in [4.69, 9.17) is 0 Å². The molecule has 35 heavy (non-hydrogen) atoms. The third-order valence-electron chi connectivity index (χ3n) is 5.65. The van der Waals surface area contributed by atoms with Crippen molar-refractivity contribution in [1.82, 2.24) is 10.2 Å². The summed E-state index contributed by atoms with van der Waals surface area (Å²) in [5.41, 5.74) is 1.03. The Bertz CT molecular complexity index is 1170. The lowest BCUT2D eigenvalue weighted by molar-refractivity contribution is -0.139. The minimum atomic E-state index is -3.91. The number of carbonyl (C=O) groups excluding carboxylic acids is 3. The van der Waals surface area contributed by atoms with Crippen LogP contribution >= 0.6 is 0 Å². The van der Waals surface area contributed by atoms with Gasteiger partial charge in [-0.3, -0.25) is 18.7 Å². The van der Waals surface area contributed by atoms with Crippen LogP contribution in [0.3, 0.4) is 0 Å². The van der Waals surface area contributed by atoms with Crippen LogP contribution in [0.1, 0.15) is 50.0 Å². The van der Waals surface area contributed by atoms with Crippen LogP contribution in [0.4, 0.5) is 10.1 Å². The lowest BCUT2D eigenvalue weighted by Gasteiger charge is -2.32. The Balaban J connectivity index is 2.41. The summed E-state index contributed by atoms with van der Waals surface area (Å²) >= 11 is 0. The minimum Gasteiger partial charge on any atom is -0.352 e. The second kappa shape index (κ2) is 11.9. The van der Waals surface area contributed by atoms with E-state index in [0.29, 0.717) is 17.5 Å². The first-order valence-corrected chi connectivity index (χ1v) is 13.1. The second-order valence-corrected chi connectivity index (χ2v) is 10.4. The quantitative estimate of drug-likeness (QED) is 0.473. The molecule has 10 heteroatoms. The van der Waals surface area contributed by atoms with Gasteiger partial charge in [0.25, 0.3) is 0 Å². The van der Waals surface area contributed by atoms with E-state index in [0.717, 1.165) is 10.6 Å². The van der Waals surface area contributed by atoms with Gasteiger partial charge in [-0.1, -0.05) is 31.2 Å². The van der Waals surface area contributed by atoms with Crippen molar-refractivity contribution in [2.75, 3.05) is 17.1 Å². The van der Waals surface area contributed by atoms with Gasteiger partial charge in [0, 0.05) is 18.2 Å². The average molecular weight is 506 g/mol. The van der Waals surface area contributed by atoms with Crippen molar-refractivity contribution in [2.45, 2.75) is 52.7 Å². The maximum absolute atomic E-state index is 13.5. The highest BCUT2D eigenvalue weighted by molar-refractivity contribution is 7.92. The summed E-state index contributed by atoms with van der Waals surface area (Å²) in [4.78, 5) is 39.4. The number of hydrogen-bond donors (Lipinski definition) is 1. The number of anilines is 1. The Hall–Kier alpha value is -3.27. The largest absolute Gasteiger partial charge is 0.352 e. The molecule has 0 heterocycles. The molecule has 1 N–H and O–H groups in total. The number of nitrogens with one attached hydrogen (secondary N) is 1. The van der Waals surface area contributed by atoms with Gasteiger partial charge in [-0.15, -0.1) is 0 Å². The molecule has 0 aliphatic carbocycles. The third-order valence-corrected chi connectivity index (χ3v) is 6.79. The Morgan fingerprint density at radius 3 is 2.23 bits per heavy atom. The second-order valence-electron chi connectivity index (χ2n) is 8.52. The lowest BCUT2D eigenvalue weighted by atomic mass is 10.1. The summed E-state index contributed by atoms with van der Waals surface area (Å²) in [7, 11) is -3.91. The van der Waals surface area contributed by atoms with Crippen molar-refractivity contribution >= 4 is 33.3 Å². The number of carbonyl (C=O) groups is 3. The zero-order chi connectivity index (χ0) is 26.3. The molecule has 2 aromatic carbocycles. The summed E-state index contributed by atoms with van der Waals surface area (Å²) in [5, 5.41) is 2.83. The van der Waals surface area contributed by atoms with Crippen LogP contribution in [-0.2, 0) is 26.2 Å². The topological polar surface area (TPSA) is 104 Å². The van der Waals surface area contributed by atoms with Gasteiger partial charge in [0.1, 0.15) is 18.4 Å². The van der Waals surface area contributed by atoms with Gasteiger partial charge in [0.05, 0.1) is 11.9 Å². The van der Waals surface area contributed by atoms with E-state index < -0.39 is 34.3 Å². The van der Waals surface area contributed by atoms with Crippen LogP contribution in [0.2, 0.25) is 0 Å². The monoisotopic (exact) mass is 505 g/mol. The molecule has 2 rings (SSSR count). The molecule has 190 valence electrons. The van der Waals surface area contributed by atoms with E-state index in [1.54, 1.807) is 13.0 Å². The molecule has 0 spiro atoms. The molecule has 2 atom stereocenters. The summed E-state index contributed by atoms with van der Waals surface area (Å²) in [6, 6.07) is 10.4. The molecule has 0 radical (unpaired) electrons. The maximum atomic E-state index is 13.5. The molecule has 2 amide bonds. The average Bonchev–Trinajstić information content (AvgIpc) is 2.80. The van der Waals surface area contributed by atoms with Gasteiger partial charge in [-0.2, -0.15) is 0 Å². The van der Waals surface area contributed by atoms with Crippen molar-refractivity contribution < 1.29 is 27.2 Å². The first-order valence-electron chi connectivity index (χ1n) is 11.3. The molecule has 0 fully saturated rings. The molecule has 2 aromatic rings. The number of benzene rings is 2. The number of halogens is 1. The first-order chi connectivity index (χ1) is 16.3. The van der Waals surface area contributed by atoms with Gasteiger partial charge in [-0.05, 0) is 57.0 Å². The summed E-state index contributed by atoms with van der Waals surface area (Å²) in [6.07, 6.45) is 1.66. The van der Waals surface area contributed by atoms with Crippen molar-refractivity contribution in [3.05, 3.63) is 65.5 Å². The number of rotatable bonds is 11. The Kier molecular flexibility index (Phi) is 9.53. The number of hydrogen-bond acceptors (Lipinski definition) is 5. The first kappa shape index (κ1) is 28.0. The molecule has 0 aromatic heterocycles.